The molecule has 0 fully saturated rings. The number of rotatable bonds is 6. The van der Waals surface area contributed by atoms with Crippen molar-refractivity contribution in [3.05, 3.63) is 129 Å². The zero-order valence-corrected chi connectivity index (χ0v) is 25.1. The molecule has 0 spiro atoms. The van der Waals surface area contributed by atoms with Crippen LogP contribution >= 0.6 is 0 Å². The van der Waals surface area contributed by atoms with Crippen molar-refractivity contribution in [2.75, 3.05) is 0 Å². The number of aromatic hydroxyl groups is 4. The summed E-state index contributed by atoms with van der Waals surface area (Å²) in [4.78, 5) is 20.1. The van der Waals surface area contributed by atoms with Gasteiger partial charge in [0.15, 0.2) is 0 Å². The van der Waals surface area contributed by atoms with Gasteiger partial charge in [0.2, 0.25) is 0 Å². The fraction of sp³-hybridized carbons (Fsp3) is 0. The molecule has 0 heterocycles. The second kappa shape index (κ2) is 14.6. The molecule has 0 aliphatic carbocycles. The first-order chi connectivity index (χ1) is 22.1. The summed E-state index contributed by atoms with van der Waals surface area (Å²) in [5.74, 6) is -0.812. The molecule has 6 aromatic carbocycles. The van der Waals surface area contributed by atoms with Gasteiger partial charge in [-0.3, -0.25) is 20.2 Å². The molecule has 47 heavy (non-hydrogen) atoms. The van der Waals surface area contributed by atoms with E-state index in [1.807, 2.05) is 36.4 Å². The molecule has 0 aliphatic rings. The van der Waals surface area contributed by atoms with E-state index < -0.39 is 9.85 Å². The molecule has 0 bridgehead atoms. The van der Waals surface area contributed by atoms with Crippen molar-refractivity contribution in [2.45, 2.75) is 0 Å². The molecule has 0 saturated heterocycles. The monoisotopic (exact) mass is 673 g/mol. The van der Waals surface area contributed by atoms with Gasteiger partial charge in [-0.15, -0.1) is 20.5 Å². The zero-order chi connectivity index (χ0) is 32.8. The van der Waals surface area contributed by atoms with Crippen LogP contribution in [-0.4, -0.2) is 30.3 Å². The van der Waals surface area contributed by atoms with Crippen LogP contribution in [0.2, 0.25) is 0 Å². The molecule has 0 unspecified atom stereocenters. The third-order valence-electron chi connectivity index (χ3n) is 6.61. The molecule has 0 amide bonds. The van der Waals surface area contributed by atoms with Crippen LogP contribution in [0.25, 0.3) is 21.5 Å². The van der Waals surface area contributed by atoms with Gasteiger partial charge in [-0.1, -0.05) is 60.7 Å². The van der Waals surface area contributed by atoms with Crippen molar-refractivity contribution in [2.24, 2.45) is 20.5 Å². The number of nitrogens with zero attached hydrogens (tertiary/aromatic N) is 6. The molecule has 0 aromatic heterocycles. The zero-order valence-electron chi connectivity index (χ0n) is 23.9. The summed E-state index contributed by atoms with van der Waals surface area (Å²) in [6.45, 7) is 0. The molecule has 14 nitrogen and oxygen atoms in total. The van der Waals surface area contributed by atoms with E-state index in [0.29, 0.717) is 10.8 Å². The van der Waals surface area contributed by atoms with Gasteiger partial charge in [-0.25, -0.2) is 0 Å². The predicted molar refractivity (Wildman–Crippen MR) is 169 cm³/mol. The minimum Gasteiger partial charge on any atom is -0.506 e. The minimum atomic E-state index is -0.614. The molecular formula is C32H22MnN6O8. The van der Waals surface area contributed by atoms with Gasteiger partial charge in [-0.2, -0.15) is 0 Å². The fourth-order valence-corrected chi connectivity index (χ4v) is 4.33. The maximum atomic E-state index is 10.6. The van der Waals surface area contributed by atoms with Gasteiger partial charge in [0.1, 0.15) is 45.7 Å². The van der Waals surface area contributed by atoms with Crippen LogP contribution in [0.1, 0.15) is 0 Å². The molecular weight excluding hydrogens is 651 g/mol. The van der Waals surface area contributed by atoms with Crippen LogP contribution < -0.4 is 0 Å². The Bertz CT molecular complexity index is 2040. The van der Waals surface area contributed by atoms with Crippen LogP contribution in [0.15, 0.2) is 130 Å². The van der Waals surface area contributed by atoms with E-state index in [1.54, 1.807) is 24.3 Å². The van der Waals surface area contributed by atoms with E-state index in [1.165, 1.54) is 36.4 Å². The summed E-state index contributed by atoms with van der Waals surface area (Å²) in [5, 5.41) is 79.7. The summed E-state index contributed by atoms with van der Waals surface area (Å²) >= 11 is 0. The van der Waals surface area contributed by atoms with E-state index in [-0.39, 0.29) is 74.2 Å². The Morgan fingerprint density at radius 1 is 0.468 bits per heavy atom. The number of non-ortho nitro benzene ring substituents is 2. The molecule has 4 N–H and O–H groups in total. The largest absolute Gasteiger partial charge is 0.506 e. The molecule has 6 aromatic rings. The van der Waals surface area contributed by atoms with Gasteiger partial charge < -0.3 is 20.4 Å². The van der Waals surface area contributed by atoms with Crippen LogP contribution in [0.5, 0.6) is 23.0 Å². The Morgan fingerprint density at radius 2 is 0.851 bits per heavy atom. The average Bonchev–Trinajstić information content (AvgIpc) is 3.05. The van der Waals surface area contributed by atoms with E-state index >= 15 is 0 Å². The van der Waals surface area contributed by atoms with E-state index in [0.717, 1.165) is 22.9 Å². The van der Waals surface area contributed by atoms with Crippen LogP contribution in [-0.2, 0) is 17.1 Å². The van der Waals surface area contributed by atoms with Crippen molar-refractivity contribution in [1.29, 1.82) is 0 Å². The van der Waals surface area contributed by atoms with Gasteiger partial charge in [0.05, 0.1) is 22.0 Å². The number of fused-ring (bicyclic) bond motifs is 2. The number of phenolic OH excluding ortho intramolecular Hbond substituents is 4. The Kier molecular flexibility index (Phi) is 10.4. The quantitative estimate of drug-likeness (QED) is 0.0577. The standard InChI is InChI=1S/2C16H11N3O4.Mn/c2*20-14-8-5-10-3-1-2-4-12(10)16(14)18-17-13-7-6-11(19(22)23)9-15(13)21;/h2*1-9,20-21H;. The van der Waals surface area contributed by atoms with E-state index in [2.05, 4.69) is 20.5 Å². The van der Waals surface area contributed by atoms with Crippen LogP contribution in [0, 0.1) is 20.2 Å². The van der Waals surface area contributed by atoms with Crippen molar-refractivity contribution in [3.63, 3.8) is 0 Å². The number of phenols is 4. The normalized spacial score (nSPS) is 10.9. The summed E-state index contributed by atoms with van der Waals surface area (Å²) in [6.07, 6.45) is 0. The third kappa shape index (κ3) is 7.62. The summed E-state index contributed by atoms with van der Waals surface area (Å²) < 4.78 is 0. The van der Waals surface area contributed by atoms with E-state index in [9.17, 15) is 40.7 Å². The molecule has 0 aliphatic heterocycles. The number of benzene rings is 6. The number of nitro groups is 2. The maximum absolute atomic E-state index is 10.6. The summed E-state index contributed by atoms with van der Waals surface area (Å²) in [5.41, 5.74) is 0.191. The molecule has 1 radical (unpaired) electrons. The Balaban J connectivity index is 0.000000208. The van der Waals surface area contributed by atoms with Crippen LogP contribution in [0.3, 0.4) is 0 Å². The predicted octanol–water partition coefficient (Wildman–Crippen LogP) is 9.15. The van der Waals surface area contributed by atoms with Gasteiger partial charge >= 0.3 is 0 Å². The fourth-order valence-electron chi connectivity index (χ4n) is 4.33. The molecule has 0 atom stereocenters. The van der Waals surface area contributed by atoms with Crippen molar-refractivity contribution < 1.29 is 47.3 Å². The second-order valence-corrected chi connectivity index (χ2v) is 9.57. The van der Waals surface area contributed by atoms with Crippen molar-refractivity contribution in [1.82, 2.24) is 0 Å². The third-order valence-corrected chi connectivity index (χ3v) is 6.61. The summed E-state index contributed by atoms with van der Waals surface area (Å²) in [6, 6.07) is 28.2. The Hall–Kier alpha value is -6.44. The molecule has 0 saturated carbocycles. The SMILES string of the molecule is O=[N+]([O-])c1ccc(N=Nc2c(O)ccc3ccccc23)c(O)c1.O=[N+]([O-])c1ccc(N=Nc2c(O)ccc3ccccc23)c(O)c1.[Mn]. The number of nitro benzene ring substituents is 2. The molecule has 6 rings (SSSR count). The Morgan fingerprint density at radius 3 is 1.21 bits per heavy atom. The molecule has 15 heteroatoms. The second-order valence-electron chi connectivity index (χ2n) is 9.57. The first-order valence-electron chi connectivity index (χ1n) is 13.3. The summed E-state index contributed by atoms with van der Waals surface area (Å²) in [7, 11) is 0. The number of azo groups is 2. The molecule has 235 valence electrons. The Labute approximate surface area is 275 Å². The van der Waals surface area contributed by atoms with Crippen molar-refractivity contribution in [3.8, 4) is 23.0 Å². The number of hydrogen-bond acceptors (Lipinski definition) is 12. The van der Waals surface area contributed by atoms with E-state index in [4.69, 9.17) is 0 Å². The number of hydrogen-bond donors (Lipinski definition) is 4. The smallest absolute Gasteiger partial charge is 0.273 e. The minimum absolute atomic E-state index is 0. The van der Waals surface area contributed by atoms with Gasteiger partial charge in [0, 0.05) is 40.0 Å². The maximum Gasteiger partial charge on any atom is 0.273 e. The first kappa shape index (κ1) is 33.5. The van der Waals surface area contributed by atoms with Crippen LogP contribution in [0.4, 0.5) is 34.1 Å². The van der Waals surface area contributed by atoms with Crippen molar-refractivity contribution >= 4 is 55.7 Å². The first-order valence-corrected chi connectivity index (χ1v) is 13.3. The topological polar surface area (TPSA) is 217 Å². The van der Waals surface area contributed by atoms with Gasteiger partial charge in [0.25, 0.3) is 11.4 Å². The average molecular weight is 674 g/mol. The van der Waals surface area contributed by atoms with Gasteiger partial charge in [-0.05, 0) is 35.0 Å².